The van der Waals surface area contributed by atoms with Crippen LogP contribution in [-0.4, -0.2) is 33.9 Å². The summed E-state index contributed by atoms with van der Waals surface area (Å²) >= 11 is 1.51. The van der Waals surface area contributed by atoms with Crippen LogP contribution in [0.15, 0.2) is 48.1 Å². The number of hydrogen-bond acceptors (Lipinski definition) is 6. The van der Waals surface area contributed by atoms with E-state index in [1.165, 1.54) is 11.3 Å². The summed E-state index contributed by atoms with van der Waals surface area (Å²) in [5.41, 5.74) is 1.44. The van der Waals surface area contributed by atoms with Crippen LogP contribution in [0.2, 0.25) is 0 Å². The first kappa shape index (κ1) is 20.0. The molecule has 1 amide bonds. The summed E-state index contributed by atoms with van der Waals surface area (Å²) in [4.78, 5) is 16.8. The van der Waals surface area contributed by atoms with Crippen molar-refractivity contribution in [2.45, 2.75) is 32.9 Å². The van der Waals surface area contributed by atoms with E-state index in [1.54, 1.807) is 10.9 Å². The van der Waals surface area contributed by atoms with E-state index in [-0.39, 0.29) is 18.4 Å². The SMILES string of the molecule is CCOC(C)c1nc(CC(=O)Nc2cccc(OCCn3cccn3)c2)cs1. The molecule has 3 rings (SSSR count). The molecule has 0 saturated heterocycles. The third kappa shape index (κ3) is 5.90. The van der Waals surface area contributed by atoms with E-state index in [0.29, 0.717) is 31.2 Å². The fourth-order valence-electron chi connectivity index (χ4n) is 2.63. The number of anilines is 1. The Labute approximate surface area is 168 Å². The van der Waals surface area contributed by atoms with E-state index in [2.05, 4.69) is 15.4 Å². The average Bonchev–Trinajstić information content (AvgIpc) is 3.34. The van der Waals surface area contributed by atoms with Crippen LogP contribution in [-0.2, 0) is 22.5 Å². The third-order valence-electron chi connectivity index (χ3n) is 3.94. The highest BCUT2D eigenvalue weighted by atomic mass is 32.1. The molecule has 0 aliphatic rings. The summed E-state index contributed by atoms with van der Waals surface area (Å²) in [5.74, 6) is 0.584. The lowest BCUT2D eigenvalue weighted by Gasteiger charge is -2.09. The molecule has 0 aliphatic heterocycles. The Balaban J connectivity index is 1.49. The van der Waals surface area contributed by atoms with E-state index >= 15 is 0 Å². The Kier molecular flexibility index (Phi) is 7.16. The van der Waals surface area contributed by atoms with E-state index in [9.17, 15) is 4.79 Å². The van der Waals surface area contributed by atoms with Crippen LogP contribution < -0.4 is 10.1 Å². The number of carbonyl (C=O) groups is 1. The van der Waals surface area contributed by atoms with Gasteiger partial charge in [-0.25, -0.2) is 4.98 Å². The maximum atomic E-state index is 12.3. The van der Waals surface area contributed by atoms with Crippen molar-refractivity contribution in [1.29, 1.82) is 0 Å². The number of aromatic nitrogens is 3. The largest absolute Gasteiger partial charge is 0.492 e. The first-order valence-electron chi connectivity index (χ1n) is 9.20. The molecule has 8 heteroatoms. The fourth-order valence-corrected chi connectivity index (χ4v) is 3.46. The zero-order chi connectivity index (χ0) is 19.8. The van der Waals surface area contributed by atoms with Gasteiger partial charge in [-0.05, 0) is 32.0 Å². The molecule has 1 aromatic carbocycles. The molecule has 1 atom stereocenters. The smallest absolute Gasteiger partial charge is 0.230 e. The van der Waals surface area contributed by atoms with Crippen molar-refractivity contribution < 1.29 is 14.3 Å². The molecule has 2 aromatic heterocycles. The highest BCUT2D eigenvalue weighted by Gasteiger charge is 2.13. The second kappa shape index (κ2) is 10.0. The van der Waals surface area contributed by atoms with Crippen molar-refractivity contribution in [2.75, 3.05) is 18.5 Å². The van der Waals surface area contributed by atoms with Crippen LogP contribution in [0, 0.1) is 0 Å². The van der Waals surface area contributed by atoms with Gasteiger partial charge in [0.2, 0.25) is 5.91 Å². The minimum Gasteiger partial charge on any atom is -0.492 e. The van der Waals surface area contributed by atoms with Gasteiger partial charge in [-0.15, -0.1) is 11.3 Å². The van der Waals surface area contributed by atoms with E-state index < -0.39 is 0 Å². The predicted octanol–water partition coefficient (Wildman–Crippen LogP) is 3.70. The number of carbonyl (C=O) groups excluding carboxylic acids is 1. The van der Waals surface area contributed by atoms with Gasteiger partial charge in [0.15, 0.2) is 0 Å². The second-order valence-electron chi connectivity index (χ2n) is 6.15. The summed E-state index contributed by atoms with van der Waals surface area (Å²) in [6, 6.07) is 9.23. The number of benzene rings is 1. The van der Waals surface area contributed by atoms with Crippen LogP contribution in [0.25, 0.3) is 0 Å². The summed E-state index contributed by atoms with van der Waals surface area (Å²) in [6.45, 7) is 5.71. The number of nitrogens with zero attached hydrogens (tertiary/aromatic N) is 3. The minimum atomic E-state index is -0.116. The van der Waals surface area contributed by atoms with Gasteiger partial charge in [0.25, 0.3) is 0 Å². The first-order valence-corrected chi connectivity index (χ1v) is 10.1. The number of amides is 1. The molecular formula is C20H24N4O3S. The Hall–Kier alpha value is -2.71. The Bertz CT molecular complexity index is 879. The highest BCUT2D eigenvalue weighted by Crippen LogP contribution is 2.22. The van der Waals surface area contributed by atoms with Crippen LogP contribution >= 0.6 is 11.3 Å². The van der Waals surface area contributed by atoms with Gasteiger partial charge < -0.3 is 14.8 Å². The normalized spacial score (nSPS) is 11.9. The molecule has 7 nitrogen and oxygen atoms in total. The summed E-state index contributed by atoms with van der Waals surface area (Å²) < 4.78 is 13.1. The lowest BCUT2D eigenvalue weighted by atomic mass is 10.2. The number of hydrogen-bond donors (Lipinski definition) is 1. The summed E-state index contributed by atoms with van der Waals surface area (Å²) in [6.07, 6.45) is 3.79. The highest BCUT2D eigenvalue weighted by molar-refractivity contribution is 7.09. The Morgan fingerprint density at radius 1 is 1.36 bits per heavy atom. The van der Waals surface area contributed by atoms with Crippen molar-refractivity contribution in [3.8, 4) is 5.75 Å². The third-order valence-corrected chi connectivity index (χ3v) is 5.00. The molecule has 0 spiro atoms. The van der Waals surface area contributed by atoms with E-state index in [0.717, 1.165) is 10.7 Å². The van der Waals surface area contributed by atoms with Crippen molar-refractivity contribution in [3.05, 3.63) is 58.8 Å². The molecule has 1 unspecified atom stereocenters. The van der Waals surface area contributed by atoms with Crippen molar-refractivity contribution >= 4 is 22.9 Å². The van der Waals surface area contributed by atoms with Crippen LogP contribution in [0.5, 0.6) is 5.75 Å². The Morgan fingerprint density at radius 2 is 2.25 bits per heavy atom. The fraction of sp³-hybridized carbons (Fsp3) is 0.350. The standard InChI is InChI=1S/C20H24N4O3S/c1-3-26-15(2)20-23-17(14-28-20)13-19(25)22-16-6-4-7-18(12-16)27-11-10-24-9-5-8-21-24/h4-9,12,14-15H,3,10-11,13H2,1-2H3,(H,22,25). The molecular weight excluding hydrogens is 376 g/mol. The lowest BCUT2D eigenvalue weighted by Crippen LogP contribution is -2.15. The Morgan fingerprint density at radius 3 is 3.04 bits per heavy atom. The van der Waals surface area contributed by atoms with Crippen LogP contribution in [0.3, 0.4) is 0 Å². The topological polar surface area (TPSA) is 78.3 Å². The zero-order valence-corrected chi connectivity index (χ0v) is 16.8. The number of thiazole rings is 1. The lowest BCUT2D eigenvalue weighted by molar-refractivity contribution is -0.115. The molecule has 0 bridgehead atoms. The molecule has 1 N–H and O–H groups in total. The quantitative estimate of drug-likeness (QED) is 0.561. The number of ether oxygens (including phenoxy) is 2. The molecule has 148 valence electrons. The summed E-state index contributed by atoms with van der Waals surface area (Å²) in [7, 11) is 0. The summed E-state index contributed by atoms with van der Waals surface area (Å²) in [5, 5.41) is 9.82. The molecule has 3 aromatic rings. The zero-order valence-electron chi connectivity index (χ0n) is 16.0. The van der Waals surface area contributed by atoms with Gasteiger partial charge in [-0.1, -0.05) is 6.07 Å². The van der Waals surface area contributed by atoms with Crippen LogP contribution in [0.4, 0.5) is 5.69 Å². The van der Waals surface area contributed by atoms with E-state index in [4.69, 9.17) is 9.47 Å². The minimum absolute atomic E-state index is 0.0533. The number of nitrogens with one attached hydrogen (secondary N) is 1. The van der Waals surface area contributed by atoms with Crippen molar-refractivity contribution in [2.24, 2.45) is 0 Å². The van der Waals surface area contributed by atoms with E-state index in [1.807, 2.05) is 55.8 Å². The predicted molar refractivity (Wildman–Crippen MR) is 109 cm³/mol. The molecule has 0 fully saturated rings. The van der Waals surface area contributed by atoms with Crippen LogP contribution in [0.1, 0.15) is 30.7 Å². The van der Waals surface area contributed by atoms with Crippen molar-refractivity contribution in [3.63, 3.8) is 0 Å². The number of rotatable bonds is 10. The van der Waals surface area contributed by atoms with Gasteiger partial charge in [-0.3, -0.25) is 9.48 Å². The first-order chi connectivity index (χ1) is 13.6. The second-order valence-corrected chi connectivity index (χ2v) is 7.03. The molecule has 0 radical (unpaired) electrons. The average molecular weight is 401 g/mol. The molecule has 2 heterocycles. The molecule has 0 saturated carbocycles. The van der Waals surface area contributed by atoms with Gasteiger partial charge in [-0.2, -0.15) is 5.10 Å². The molecule has 28 heavy (non-hydrogen) atoms. The maximum Gasteiger partial charge on any atom is 0.230 e. The maximum absolute atomic E-state index is 12.3. The van der Waals surface area contributed by atoms with Gasteiger partial charge in [0.05, 0.1) is 18.7 Å². The monoisotopic (exact) mass is 400 g/mol. The van der Waals surface area contributed by atoms with Gasteiger partial charge in [0, 0.05) is 36.1 Å². The van der Waals surface area contributed by atoms with Gasteiger partial charge >= 0.3 is 0 Å². The molecule has 0 aliphatic carbocycles. The van der Waals surface area contributed by atoms with Gasteiger partial charge in [0.1, 0.15) is 23.5 Å². The van der Waals surface area contributed by atoms with Crippen molar-refractivity contribution in [1.82, 2.24) is 14.8 Å².